The Morgan fingerprint density at radius 1 is 1.32 bits per heavy atom. The zero-order chi connectivity index (χ0) is 13.1. The maximum atomic E-state index is 4.52. The SMILES string of the molecule is C[C@@H]1CCC/C(=N/Nc2nncc3ccccc23)C1. The second kappa shape index (κ2) is 5.34. The molecule has 1 aliphatic rings. The molecule has 1 atom stereocenters. The van der Waals surface area contributed by atoms with Crippen molar-refractivity contribution < 1.29 is 0 Å². The standard InChI is InChI=1S/C15H18N4/c1-11-5-4-7-13(9-11)17-19-15-14-8-3-2-6-12(14)10-16-18-15/h2-3,6,8,10-11H,4-5,7,9H2,1H3,(H,18,19)/b17-13-/t11-/m1/s1. The fourth-order valence-corrected chi connectivity index (χ4v) is 2.60. The smallest absolute Gasteiger partial charge is 0.176 e. The quantitative estimate of drug-likeness (QED) is 0.833. The van der Waals surface area contributed by atoms with Gasteiger partial charge < -0.3 is 0 Å². The molecule has 3 rings (SSSR count). The molecule has 19 heavy (non-hydrogen) atoms. The van der Waals surface area contributed by atoms with Crippen LogP contribution in [0.2, 0.25) is 0 Å². The van der Waals surface area contributed by atoms with Gasteiger partial charge in [-0.2, -0.15) is 10.2 Å². The van der Waals surface area contributed by atoms with E-state index in [1.165, 1.54) is 18.6 Å². The average molecular weight is 254 g/mol. The van der Waals surface area contributed by atoms with Crippen LogP contribution in [0.1, 0.15) is 32.6 Å². The maximum absolute atomic E-state index is 4.52. The lowest BCUT2D eigenvalue weighted by Crippen LogP contribution is -2.14. The van der Waals surface area contributed by atoms with Gasteiger partial charge in [-0.15, -0.1) is 5.10 Å². The van der Waals surface area contributed by atoms with Gasteiger partial charge in [0.15, 0.2) is 5.82 Å². The average Bonchev–Trinajstić information content (AvgIpc) is 2.45. The van der Waals surface area contributed by atoms with E-state index in [9.17, 15) is 0 Å². The molecule has 1 aliphatic carbocycles. The Morgan fingerprint density at radius 3 is 3.11 bits per heavy atom. The number of anilines is 1. The van der Waals surface area contributed by atoms with Crippen LogP contribution in [0.25, 0.3) is 10.8 Å². The molecule has 0 bridgehead atoms. The highest BCUT2D eigenvalue weighted by Gasteiger charge is 2.14. The number of hydrogen-bond donors (Lipinski definition) is 1. The van der Waals surface area contributed by atoms with Crippen LogP contribution in [0.4, 0.5) is 5.82 Å². The first-order chi connectivity index (χ1) is 9.33. The molecule has 0 spiro atoms. The van der Waals surface area contributed by atoms with Crippen LogP contribution in [-0.4, -0.2) is 15.9 Å². The molecule has 0 amide bonds. The molecule has 1 saturated carbocycles. The summed E-state index contributed by atoms with van der Waals surface area (Å²) in [4.78, 5) is 0. The molecule has 4 heteroatoms. The highest BCUT2D eigenvalue weighted by molar-refractivity contribution is 5.92. The molecule has 1 N–H and O–H groups in total. The van der Waals surface area contributed by atoms with E-state index in [0.29, 0.717) is 0 Å². The van der Waals surface area contributed by atoms with Crippen molar-refractivity contribution in [2.45, 2.75) is 32.6 Å². The number of nitrogens with zero attached hydrogens (tertiary/aromatic N) is 3. The number of hydrogen-bond acceptors (Lipinski definition) is 4. The summed E-state index contributed by atoms with van der Waals surface area (Å²) >= 11 is 0. The largest absolute Gasteiger partial charge is 0.259 e. The number of hydrazone groups is 1. The van der Waals surface area contributed by atoms with Crippen molar-refractivity contribution in [3.05, 3.63) is 30.5 Å². The molecule has 0 aliphatic heterocycles. The molecule has 1 fully saturated rings. The van der Waals surface area contributed by atoms with Crippen LogP contribution in [0.15, 0.2) is 35.6 Å². The van der Waals surface area contributed by atoms with Gasteiger partial charge in [0.1, 0.15) is 0 Å². The lowest BCUT2D eigenvalue weighted by atomic mass is 9.89. The minimum atomic E-state index is 0.740. The van der Waals surface area contributed by atoms with E-state index in [1.807, 2.05) is 24.3 Å². The molecule has 1 aromatic carbocycles. The van der Waals surface area contributed by atoms with Crippen molar-refractivity contribution in [2.24, 2.45) is 11.0 Å². The zero-order valence-corrected chi connectivity index (χ0v) is 11.1. The summed E-state index contributed by atoms with van der Waals surface area (Å²) in [7, 11) is 0. The number of nitrogens with one attached hydrogen (secondary N) is 1. The minimum Gasteiger partial charge on any atom is -0.259 e. The first-order valence-corrected chi connectivity index (χ1v) is 6.85. The molecule has 1 heterocycles. The van der Waals surface area contributed by atoms with Crippen LogP contribution in [0.3, 0.4) is 0 Å². The van der Waals surface area contributed by atoms with Crippen molar-refractivity contribution in [1.29, 1.82) is 0 Å². The molecule has 98 valence electrons. The third kappa shape index (κ3) is 2.72. The van der Waals surface area contributed by atoms with Gasteiger partial charge in [0, 0.05) is 16.5 Å². The van der Waals surface area contributed by atoms with Gasteiger partial charge in [0.05, 0.1) is 6.20 Å². The van der Waals surface area contributed by atoms with Gasteiger partial charge in [-0.1, -0.05) is 31.2 Å². The summed E-state index contributed by atoms with van der Waals surface area (Å²) in [5, 5.41) is 14.8. The summed E-state index contributed by atoms with van der Waals surface area (Å²) in [6, 6.07) is 8.08. The Morgan fingerprint density at radius 2 is 2.21 bits per heavy atom. The first-order valence-electron chi connectivity index (χ1n) is 6.85. The van der Waals surface area contributed by atoms with Gasteiger partial charge in [-0.3, -0.25) is 5.43 Å². The summed E-state index contributed by atoms with van der Waals surface area (Å²) < 4.78 is 0. The molecule has 0 saturated heterocycles. The minimum absolute atomic E-state index is 0.740. The Balaban J connectivity index is 1.83. The fourth-order valence-electron chi connectivity index (χ4n) is 2.60. The first kappa shape index (κ1) is 12.1. The van der Waals surface area contributed by atoms with E-state index in [4.69, 9.17) is 0 Å². The summed E-state index contributed by atoms with van der Waals surface area (Å²) in [6.45, 7) is 2.28. The van der Waals surface area contributed by atoms with E-state index in [0.717, 1.165) is 35.3 Å². The third-order valence-corrected chi connectivity index (χ3v) is 3.64. The fraction of sp³-hybridized carbons (Fsp3) is 0.400. The van der Waals surface area contributed by atoms with Crippen LogP contribution < -0.4 is 5.43 Å². The predicted molar refractivity (Wildman–Crippen MR) is 78.2 cm³/mol. The highest BCUT2D eigenvalue weighted by atomic mass is 15.3. The summed E-state index contributed by atoms with van der Waals surface area (Å²) in [5.41, 5.74) is 4.34. The van der Waals surface area contributed by atoms with E-state index in [2.05, 4.69) is 27.6 Å². The maximum Gasteiger partial charge on any atom is 0.176 e. The zero-order valence-electron chi connectivity index (χ0n) is 11.1. The van der Waals surface area contributed by atoms with Crippen molar-refractivity contribution in [1.82, 2.24) is 10.2 Å². The van der Waals surface area contributed by atoms with Gasteiger partial charge in [0.25, 0.3) is 0 Å². The van der Waals surface area contributed by atoms with Gasteiger partial charge >= 0.3 is 0 Å². The second-order valence-electron chi connectivity index (χ2n) is 5.27. The Hall–Kier alpha value is -1.97. The van der Waals surface area contributed by atoms with Crippen LogP contribution in [0, 0.1) is 5.92 Å². The van der Waals surface area contributed by atoms with E-state index in [1.54, 1.807) is 6.20 Å². The molecule has 2 aromatic rings. The van der Waals surface area contributed by atoms with Crippen molar-refractivity contribution in [2.75, 3.05) is 5.43 Å². The van der Waals surface area contributed by atoms with Crippen LogP contribution >= 0.6 is 0 Å². The third-order valence-electron chi connectivity index (χ3n) is 3.64. The molecular weight excluding hydrogens is 236 g/mol. The molecule has 0 unspecified atom stereocenters. The Kier molecular flexibility index (Phi) is 3.40. The summed E-state index contributed by atoms with van der Waals surface area (Å²) in [6.07, 6.45) is 6.51. The summed E-state index contributed by atoms with van der Waals surface area (Å²) in [5.74, 6) is 1.48. The van der Waals surface area contributed by atoms with Crippen LogP contribution in [0.5, 0.6) is 0 Å². The van der Waals surface area contributed by atoms with Crippen molar-refractivity contribution in [3.63, 3.8) is 0 Å². The molecule has 0 radical (unpaired) electrons. The van der Waals surface area contributed by atoms with E-state index >= 15 is 0 Å². The Labute approximate surface area is 112 Å². The number of aromatic nitrogens is 2. The van der Waals surface area contributed by atoms with Gasteiger partial charge in [-0.25, -0.2) is 0 Å². The van der Waals surface area contributed by atoms with E-state index in [-0.39, 0.29) is 0 Å². The van der Waals surface area contributed by atoms with Gasteiger partial charge in [-0.05, 0) is 31.6 Å². The normalized spacial score (nSPS) is 21.7. The highest BCUT2D eigenvalue weighted by Crippen LogP contribution is 2.23. The van der Waals surface area contributed by atoms with Crippen molar-refractivity contribution in [3.8, 4) is 0 Å². The van der Waals surface area contributed by atoms with E-state index < -0.39 is 0 Å². The predicted octanol–water partition coefficient (Wildman–Crippen LogP) is 3.61. The van der Waals surface area contributed by atoms with Gasteiger partial charge in [0.2, 0.25) is 0 Å². The number of rotatable bonds is 2. The topological polar surface area (TPSA) is 50.2 Å². The Bertz CT molecular complexity index is 601. The molecule has 4 nitrogen and oxygen atoms in total. The number of fused-ring (bicyclic) bond motifs is 1. The molecular formula is C15H18N4. The lowest BCUT2D eigenvalue weighted by Gasteiger charge is -2.19. The second-order valence-corrected chi connectivity index (χ2v) is 5.27. The number of benzene rings is 1. The molecule has 1 aromatic heterocycles. The van der Waals surface area contributed by atoms with Crippen molar-refractivity contribution >= 4 is 22.3 Å². The lowest BCUT2D eigenvalue weighted by molar-refractivity contribution is 0.500. The van der Waals surface area contributed by atoms with Crippen LogP contribution in [-0.2, 0) is 0 Å². The monoisotopic (exact) mass is 254 g/mol.